The van der Waals surface area contributed by atoms with Crippen LogP contribution in [0.5, 0.6) is 0 Å². The largest absolute Gasteiger partial charge is 0.508 e. The van der Waals surface area contributed by atoms with Crippen LogP contribution in [0.15, 0.2) is 57.8 Å². The highest BCUT2D eigenvalue weighted by Crippen LogP contribution is 2.21. The summed E-state index contributed by atoms with van der Waals surface area (Å²) in [5.41, 5.74) is 1.04. The maximum Gasteiger partial charge on any atom is 0.508 e. The summed E-state index contributed by atoms with van der Waals surface area (Å²) in [5, 5.41) is 0. The van der Waals surface area contributed by atoms with E-state index in [1.165, 1.54) is 0 Å². The van der Waals surface area contributed by atoms with Crippen molar-refractivity contribution >= 4 is 21.8 Å². The fourth-order valence-electron chi connectivity index (χ4n) is 1.54. The van der Waals surface area contributed by atoms with Crippen molar-refractivity contribution in [3.8, 4) is 11.3 Å². The maximum atomic E-state index is 5.63. The molecule has 0 fully saturated rings. The smallest absolute Gasteiger partial charge is 0.384 e. The van der Waals surface area contributed by atoms with Crippen molar-refractivity contribution in [3.05, 3.63) is 53.4 Å². The fourth-order valence-corrected chi connectivity index (χ4v) is 1.81. The van der Waals surface area contributed by atoms with Gasteiger partial charge in [0.05, 0.1) is 0 Å². The maximum absolute atomic E-state index is 5.63. The molecule has 0 N–H and O–H groups in total. The number of fused-ring (bicyclic) bond motifs is 1. The van der Waals surface area contributed by atoms with Crippen molar-refractivity contribution in [1.29, 1.82) is 0 Å². The van der Waals surface area contributed by atoms with Gasteiger partial charge in [-0.25, -0.2) is 0 Å². The van der Waals surface area contributed by atoms with Gasteiger partial charge in [-0.2, -0.15) is 4.40 Å². The zero-order chi connectivity index (χ0) is 11.0. The summed E-state index contributed by atoms with van der Waals surface area (Å²) in [4.78, 5) is 4.13. The number of hydrogen-bond donors (Lipinski definition) is 0. The standard InChI is InChI=1S/C12H8BrN2O/c13-10-4-2-9(3-5-10)11-8-15-7-1-6-14-12(15)16-11/h1-8H/q+1. The zero-order valence-electron chi connectivity index (χ0n) is 8.30. The molecular formula is C12H8BrN2O+. The summed E-state index contributed by atoms with van der Waals surface area (Å²) in [6.07, 6.45) is 5.55. The molecule has 2 heterocycles. The third kappa shape index (κ3) is 1.61. The second-order valence-corrected chi connectivity index (χ2v) is 4.33. The number of nitrogens with zero attached hydrogens (tertiary/aromatic N) is 2. The van der Waals surface area contributed by atoms with E-state index < -0.39 is 0 Å². The van der Waals surface area contributed by atoms with E-state index in [1.807, 2.05) is 47.1 Å². The highest BCUT2D eigenvalue weighted by atomic mass is 79.9. The predicted molar refractivity (Wildman–Crippen MR) is 62.8 cm³/mol. The van der Waals surface area contributed by atoms with Crippen LogP contribution in [-0.4, -0.2) is 4.98 Å². The molecule has 1 aromatic carbocycles. The summed E-state index contributed by atoms with van der Waals surface area (Å²) in [7, 11) is 0. The molecule has 3 nitrogen and oxygen atoms in total. The average Bonchev–Trinajstić information content (AvgIpc) is 2.73. The molecule has 16 heavy (non-hydrogen) atoms. The Balaban J connectivity index is 2.15. The van der Waals surface area contributed by atoms with Gasteiger partial charge < -0.3 is 4.42 Å². The number of halogens is 1. The van der Waals surface area contributed by atoms with Crippen LogP contribution in [0.2, 0.25) is 0 Å². The Morgan fingerprint density at radius 2 is 2.00 bits per heavy atom. The SMILES string of the molecule is Brc1ccc(-c2c[n+]3cccnc3o2)cc1. The van der Waals surface area contributed by atoms with Crippen LogP contribution in [0.4, 0.5) is 0 Å². The van der Waals surface area contributed by atoms with E-state index in [-0.39, 0.29) is 0 Å². The van der Waals surface area contributed by atoms with Gasteiger partial charge in [-0.15, -0.1) is 0 Å². The molecule has 0 radical (unpaired) electrons. The third-order valence-corrected chi connectivity index (χ3v) is 2.85. The van der Waals surface area contributed by atoms with Gasteiger partial charge in [0.1, 0.15) is 18.6 Å². The summed E-state index contributed by atoms with van der Waals surface area (Å²) in [5.74, 6) is 1.41. The number of rotatable bonds is 1. The Hall–Kier alpha value is -1.68. The predicted octanol–water partition coefficient (Wildman–Crippen LogP) is 2.84. The highest BCUT2D eigenvalue weighted by molar-refractivity contribution is 9.10. The van der Waals surface area contributed by atoms with Crippen LogP contribution >= 0.6 is 15.9 Å². The van der Waals surface area contributed by atoms with Gasteiger partial charge in [-0.3, -0.25) is 0 Å². The minimum Gasteiger partial charge on any atom is -0.384 e. The summed E-state index contributed by atoms with van der Waals surface area (Å²) < 4.78 is 8.54. The van der Waals surface area contributed by atoms with Crippen molar-refractivity contribution in [1.82, 2.24) is 4.98 Å². The van der Waals surface area contributed by atoms with Crippen molar-refractivity contribution in [2.24, 2.45) is 0 Å². The van der Waals surface area contributed by atoms with Gasteiger partial charge in [0, 0.05) is 16.1 Å². The third-order valence-electron chi connectivity index (χ3n) is 2.32. The zero-order valence-corrected chi connectivity index (χ0v) is 9.89. The number of benzene rings is 1. The molecule has 4 heteroatoms. The molecule has 0 aliphatic rings. The Kier molecular flexibility index (Phi) is 2.22. The van der Waals surface area contributed by atoms with Crippen molar-refractivity contribution in [3.63, 3.8) is 0 Å². The molecule has 2 aromatic heterocycles. The topological polar surface area (TPSA) is 30.1 Å². The van der Waals surface area contributed by atoms with Crippen molar-refractivity contribution in [2.45, 2.75) is 0 Å². The summed E-state index contributed by atoms with van der Waals surface area (Å²) in [6, 6.07) is 9.85. The second kappa shape index (κ2) is 3.72. The number of aromatic nitrogens is 2. The van der Waals surface area contributed by atoms with Gasteiger partial charge in [-0.05, 0) is 29.2 Å². The van der Waals surface area contributed by atoms with Crippen LogP contribution in [0.1, 0.15) is 0 Å². The van der Waals surface area contributed by atoms with E-state index in [0.717, 1.165) is 15.8 Å². The van der Waals surface area contributed by atoms with E-state index in [0.29, 0.717) is 5.84 Å². The van der Waals surface area contributed by atoms with Crippen LogP contribution < -0.4 is 4.40 Å². The first-order valence-corrected chi connectivity index (χ1v) is 5.64. The Labute approximate surface area is 100 Å². The molecule has 0 aliphatic heterocycles. The normalized spacial score (nSPS) is 10.8. The molecule has 0 aliphatic carbocycles. The van der Waals surface area contributed by atoms with E-state index in [1.54, 1.807) is 6.20 Å². The van der Waals surface area contributed by atoms with Gasteiger partial charge in [0.2, 0.25) is 0 Å². The van der Waals surface area contributed by atoms with Crippen LogP contribution in [0.3, 0.4) is 0 Å². The molecule has 3 rings (SSSR count). The lowest BCUT2D eigenvalue weighted by Gasteiger charge is -1.93. The Morgan fingerprint density at radius 3 is 2.75 bits per heavy atom. The molecule has 0 saturated heterocycles. The monoisotopic (exact) mass is 275 g/mol. The van der Waals surface area contributed by atoms with Crippen molar-refractivity contribution < 1.29 is 8.82 Å². The van der Waals surface area contributed by atoms with E-state index in [2.05, 4.69) is 20.9 Å². The van der Waals surface area contributed by atoms with E-state index in [4.69, 9.17) is 4.42 Å². The molecule has 78 valence electrons. The first-order valence-electron chi connectivity index (χ1n) is 4.85. The minimum atomic E-state index is 0.598. The molecule has 0 amide bonds. The van der Waals surface area contributed by atoms with Crippen LogP contribution in [0, 0.1) is 0 Å². The van der Waals surface area contributed by atoms with E-state index in [9.17, 15) is 0 Å². The molecular weight excluding hydrogens is 268 g/mol. The fraction of sp³-hybridized carbons (Fsp3) is 0. The summed E-state index contributed by atoms with van der Waals surface area (Å²) in [6.45, 7) is 0. The van der Waals surface area contributed by atoms with Crippen LogP contribution in [-0.2, 0) is 0 Å². The molecule has 0 bridgehead atoms. The number of hydrogen-bond acceptors (Lipinski definition) is 2. The highest BCUT2D eigenvalue weighted by Gasteiger charge is 2.12. The van der Waals surface area contributed by atoms with E-state index >= 15 is 0 Å². The first kappa shape index (κ1) is 9.54. The molecule has 0 atom stereocenters. The van der Waals surface area contributed by atoms with Gasteiger partial charge in [0.15, 0.2) is 5.76 Å². The Bertz CT molecular complexity index is 598. The van der Waals surface area contributed by atoms with Gasteiger partial charge in [0.25, 0.3) is 0 Å². The van der Waals surface area contributed by atoms with Crippen molar-refractivity contribution in [2.75, 3.05) is 0 Å². The first-order chi connectivity index (χ1) is 7.83. The quantitative estimate of drug-likeness (QED) is 0.640. The molecule has 3 aromatic rings. The minimum absolute atomic E-state index is 0.598. The van der Waals surface area contributed by atoms with Crippen LogP contribution in [0.25, 0.3) is 17.2 Å². The van der Waals surface area contributed by atoms with Gasteiger partial charge in [-0.1, -0.05) is 15.9 Å². The average molecular weight is 276 g/mol. The number of oxazole rings is 1. The summed E-state index contributed by atoms with van der Waals surface area (Å²) >= 11 is 3.40. The lowest BCUT2D eigenvalue weighted by atomic mass is 10.2. The molecule has 0 saturated carbocycles. The lowest BCUT2D eigenvalue weighted by molar-refractivity contribution is -0.516. The Morgan fingerprint density at radius 1 is 1.19 bits per heavy atom. The second-order valence-electron chi connectivity index (χ2n) is 3.41. The molecule has 0 unspecified atom stereocenters. The lowest BCUT2D eigenvalue weighted by Crippen LogP contribution is -2.17. The van der Waals surface area contributed by atoms with Gasteiger partial charge >= 0.3 is 5.84 Å². The molecule has 0 spiro atoms.